The minimum atomic E-state index is -0.963. The standard InChI is InChI=1S/C11H23N3O3/c1-10(16,7-14(2)3)6-13-9(15)11(12)4-5-17-8-11/h16H,4-8,12H2,1-3H3,(H,13,15). The smallest absolute Gasteiger partial charge is 0.242 e. The van der Waals surface area contributed by atoms with E-state index in [9.17, 15) is 9.90 Å². The van der Waals surface area contributed by atoms with E-state index in [1.165, 1.54) is 0 Å². The quantitative estimate of drug-likeness (QED) is 0.550. The zero-order valence-corrected chi connectivity index (χ0v) is 10.8. The normalized spacial score (nSPS) is 28.1. The fourth-order valence-electron chi connectivity index (χ4n) is 1.94. The molecular formula is C11H23N3O3. The number of hydrogen-bond donors (Lipinski definition) is 3. The number of carbonyl (C=O) groups is 1. The van der Waals surface area contributed by atoms with E-state index in [0.717, 1.165) is 0 Å². The molecule has 0 radical (unpaired) electrons. The molecule has 1 amide bonds. The largest absolute Gasteiger partial charge is 0.387 e. The first kappa shape index (κ1) is 14.4. The number of hydrogen-bond acceptors (Lipinski definition) is 5. The van der Waals surface area contributed by atoms with Gasteiger partial charge in [-0.1, -0.05) is 0 Å². The number of likely N-dealkylation sites (N-methyl/N-ethyl adjacent to an activating group) is 1. The van der Waals surface area contributed by atoms with Crippen LogP contribution in [0.3, 0.4) is 0 Å². The van der Waals surface area contributed by atoms with Crippen LogP contribution in [0.2, 0.25) is 0 Å². The van der Waals surface area contributed by atoms with Crippen molar-refractivity contribution in [1.29, 1.82) is 0 Å². The topological polar surface area (TPSA) is 87.8 Å². The van der Waals surface area contributed by atoms with E-state index in [2.05, 4.69) is 5.32 Å². The Hall–Kier alpha value is -0.690. The number of nitrogens with one attached hydrogen (secondary N) is 1. The number of ether oxygens (including phenoxy) is 1. The van der Waals surface area contributed by atoms with Gasteiger partial charge in [-0.2, -0.15) is 0 Å². The average molecular weight is 245 g/mol. The highest BCUT2D eigenvalue weighted by atomic mass is 16.5. The van der Waals surface area contributed by atoms with Crippen molar-refractivity contribution in [2.75, 3.05) is 40.4 Å². The van der Waals surface area contributed by atoms with E-state index in [-0.39, 0.29) is 19.1 Å². The van der Waals surface area contributed by atoms with E-state index >= 15 is 0 Å². The lowest BCUT2D eigenvalue weighted by molar-refractivity contribution is -0.127. The summed E-state index contributed by atoms with van der Waals surface area (Å²) in [5, 5.41) is 12.7. The van der Waals surface area contributed by atoms with Gasteiger partial charge in [0.05, 0.1) is 12.2 Å². The minimum absolute atomic E-state index is 0.183. The molecule has 17 heavy (non-hydrogen) atoms. The van der Waals surface area contributed by atoms with Crippen LogP contribution in [0, 0.1) is 0 Å². The van der Waals surface area contributed by atoms with Crippen LogP contribution in [0.4, 0.5) is 0 Å². The van der Waals surface area contributed by atoms with Crippen molar-refractivity contribution in [2.24, 2.45) is 5.73 Å². The molecule has 0 spiro atoms. The molecule has 1 heterocycles. The highest BCUT2D eigenvalue weighted by Crippen LogP contribution is 2.15. The third-order valence-electron chi connectivity index (χ3n) is 2.79. The van der Waals surface area contributed by atoms with Gasteiger partial charge in [0, 0.05) is 19.7 Å². The first-order valence-corrected chi connectivity index (χ1v) is 5.77. The molecule has 1 saturated heterocycles. The second kappa shape index (κ2) is 5.30. The summed E-state index contributed by atoms with van der Waals surface area (Å²) in [5.41, 5.74) is 4.00. The molecule has 4 N–H and O–H groups in total. The highest BCUT2D eigenvalue weighted by Gasteiger charge is 2.38. The predicted octanol–water partition coefficient (Wildman–Crippen LogP) is -1.47. The number of nitrogens with two attached hydrogens (primary N) is 1. The zero-order valence-electron chi connectivity index (χ0n) is 10.8. The Bertz CT molecular complexity index is 273. The third kappa shape index (κ3) is 4.23. The van der Waals surface area contributed by atoms with Crippen LogP contribution in [0.15, 0.2) is 0 Å². The summed E-state index contributed by atoms with van der Waals surface area (Å²) in [6.07, 6.45) is 0.522. The summed E-state index contributed by atoms with van der Waals surface area (Å²) in [6.45, 7) is 3.10. The molecule has 0 aromatic carbocycles. The first-order valence-electron chi connectivity index (χ1n) is 5.77. The van der Waals surface area contributed by atoms with Crippen molar-refractivity contribution in [1.82, 2.24) is 10.2 Å². The number of amides is 1. The van der Waals surface area contributed by atoms with E-state index < -0.39 is 11.1 Å². The number of nitrogens with zero attached hydrogens (tertiary/aromatic N) is 1. The van der Waals surface area contributed by atoms with Crippen LogP contribution < -0.4 is 11.1 Å². The third-order valence-corrected chi connectivity index (χ3v) is 2.79. The maximum Gasteiger partial charge on any atom is 0.242 e. The van der Waals surface area contributed by atoms with Crippen molar-refractivity contribution in [2.45, 2.75) is 24.5 Å². The summed E-state index contributed by atoms with van der Waals surface area (Å²) in [7, 11) is 3.73. The molecule has 6 heteroatoms. The van der Waals surface area contributed by atoms with E-state index in [1.54, 1.807) is 6.92 Å². The van der Waals surface area contributed by atoms with Gasteiger partial charge in [-0.15, -0.1) is 0 Å². The Kier molecular flexibility index (Phi) is 4.48. The van der Waals surface area contributed by atoms with Gasteiger partial charge in [0.15, 0.2) is 0 Å². The Morgan fingerprint density at radius 2 is 2.29 bits per heavy atom. The summed E-state index contributed by atoms with van der Waals surface area (Å²) in [6, 6.07) is 0. The Morgan fingerprint density at radius 1 is 1.65 bits per heavy atom. The molecule has 0 bridgehead atoms. The van der Waals surface area contributed by atoms with Crippen molar-refractivity contribution in [3.8, 4) is 0 Å². The maximum absolute atomic E-state index is 11.9. The van der Waals surface area contributed by atoms with Crippen molar-refractivity contribution in [3.05, 3.63) is 0 Å². The molecule has 0 aromatic rings. The fourth-order valence-corrected chi connectivity index (χ4v) is 1.94. The minimum Gasteiger partial charge on any atom is -0.387 e. The van der Waals surface area contributed by atoms with Crippen molar-refractivity contribution >= 4 is 5.91 Å². The van der Waals surface area contributed by atoms with Crippen LogP contribution in [0.5, 0.6) is 0 Å². The molecule has 1 rings (SSSR count). The van der Waals surface area contributed by atoms with Crippen LogP contribution in [-0.4, -0.2) is 67.5 Å². The Balaban J connectivity index is 2.42. The second-order valence-corrected chi connectivity index (χ2v) is 5.38. The lowest BCUT2D eigenvalue weighted by Crippen LogP contribution is -2.57. The summed E-state index contributed by atoms with van der Waals surface area (Å²) >= 11 is 0. The lowest BCUT2D eigenvalue weighted by atomic mass is 9.98. The maximum atomic E-state index is 11.9. The average Bonchev–Trinajstić information content (AvgIpc) is 2.61. The Labute approximate surface area is 102 Å². The molecule has 6 nitrogen and oxygen atoms in total. The first-order chi connectivity index (χ1) is 7.75. The van der Waals surface area contributed by atoms with Gasteiger partial charge in [0.25, 0.3) is 0 Å². The zero-order chi connectivity index (χ0) is 13.1. The lowest BCUT2D eigenvalue weighted by Gasteiger charge is -2.29. The fraction of sp³-hybridized carbons (Fsp3) is 0.909. The van der Waals surface area contributed by atoms with Gasteiger partial charge < -0.3 is 25.8 Å². The van der Waals surface area contributed by atoms with Gasteiger partial charge in [-0.3, -0.25) is 4.79 Å². The van der Waals surface area contributed by atoms with Gasteiger partial charge in [-0.05, 0) is 27.4 Å². The molecule has 1 aliphatic heterocycles. The van der Waals surface area contributed by atoms with Crippen molar-refractivity contribution in [3.63, 3.8) is 0 Å². The molecule has 0 aliphatic carbocycles. The molecule has 2 unspecified atom stereocenters. The summed E-state index contributed by atoms with van der Waals surface area (Å²) in [5.74, 6) is -0.256. The van der Waals surface area contributed by atoms with E-state index in [0.29, 0.717) is 19.6 Å². The van der Waals surface area contributed by atoms with Crippen molar-refractivity contribution < 1.29 is 14.6 Å². The van der Waals surface area contributed by atoms with Gasteiger partial charge in [-0.25, -0.2) is 0 Å². The second-order valence-electron chi connectivity index (χ2n) is 5.38. The van der Waals surface area contributed by atoms with Crippen LogP contribution >= 0.6 is 0 Å². The monoisotopic (exact) mass is 245 g/mol. The van der Waals surface area contributed by atoms with Crippen LogP contribution in [0.1, 0.15) is 13.3 Å². The van der Waals surface area contributed by atoms with E-state index in [1.807, 2.05) is 19.0 Å². The molecule has 0 saturated carbocycles. The Morgan fingerprint density at radius 3 is 2.76 bits per heavy atom. The molecule has 100 valence electrons. The molecule has 1 aliphatic rings. The molecule has 1 fully saturated rings. The summed E-state index contributed by atoms with van der Waals surface area (Å²) in [4.78, 5) is 13.7. The SMILES string of the molecule is CN(C)CC(C)(O)CNC(=O)C1(N)CCOC1. The van der Waals surface area contributed by atoms with Crippen LogP contribution in [0.25, 0.3) is 0 Å². The predicted molar refractivity (Wildman–Crippen MR) is 64.5 cm³/mol. The summed E-state index contributed by atoms with van der Waals surface area (Å²) < 4.78 is 5.12. The number of aliphatic hydroxyl groups is 1. The highest BCUT2D eigenvalue weighted by molar-refractivity contribution is 5.86. The van der Waals surface area contributed by atoms with E-state index in [4.69, 9.17) is 10.5 Å². The van der Waals surface area contributed by atoms with Gasteiger partial charge >= 0.3 is 0 Å². The van der Waals surface area contributed by atoms with Gasteiger partial charge in [0.2, 0.25) is 5.91 Å². The molecular weight excluding hydrogens is 222 g/mol. The van der Waals surface area contributed by atoms with Crippen LogP contribution in [-0.2, 0) is 9.53 Å². The molecule has 2 atom stereocenters. The van der Waals surface area contributed by atoms with Gasteiger partial charge in [0.1, 0.15) is 5.54 Å². The molecule has 0 aromatic heterocycles. The number of carbonyl (C=O) groups excluding carboxylic acids is 1. The number of rotatable bonds is 5.